The number of benzene rings is 1. The average Bonchev–Trinajstić information content (AvgIpc) is 3.35. The Bertz CT molecular complexity index is 860. The third kappa shape index (κ3) is 4.64. The maximum Gasteiger partial charge on any atom is 0.124 e. The number of rotatable bonds is 2. The summed E-state index contributed by atoms with van der Waals surface area (Å²) in [6.45, 7) is 0. The van der Waals surface area contributed by atoms with Gasteiger partial charge in [-0.3, -0.25) is 4.98 Å². The van der Waals surface area contributed by atoms with E-state index >= 15 is 0 Å². The zero-order valence-corrected chi connectivity index (χ0v) is 15.3. The lowest BCUT2D eigenvalue weighted by Crippen LogP contribution is -2.10. The summed E-state index contributed by atoms with van der Waals surface area (Å²) in [5.41, 5.74) is 8.13. The molecule has 26 heavy (non-hydrogen) atoms. The average molecular weight is 415 g/mol. The summed E-state index contributed by atoms with van der Waals surface area (Å²) >= 11 is 3.38. The lowest BCUT2D eigenvalue weighted by Gasteiger charge is -2.09. The van der Waals surface area contributed by atoms with Gasteiger partial charge >= 0.3 is 0 Å². The highest BCUT2D eigenvalue weighted by Crippen LogP contribution is 2.21. The second kappa shape index (κ2) is 8.54. The Morgan fingerprint density at radius 1 is 1.00 bits per heavy atom. The second-order valence-electron chi connectivity index (χ2n) is 5.78. The molecule has 2 unspecified atom stereocenters. The first-order valence-electron chi connectivity index (χ1n) is 8.01. The summed E-state index contributed by atoms with van der Waals surface area (Å²) in [7, 11) is 0. The van der Waals surface area contributed by atoms with E-state index in [1.165, 1.54) is 17.7 Å². The van der Waals surface area contributed by atoms with Crippen molar-refractivity contribution in [3.63, 3.8) is 0 Å². The molecular formula is C18H16BrFN6. The number of hydrogen-bond acceptors (Lipinski definition) is 6. The van der Waals surface area contributed by atoms with E-state index < -0.39 is 0 Å². The summed E-state index contributed by atoms with van der Waals surface area (Å²) in [4.78, 5) is 4.09. The van der Waals surface area contributed by atoms with Crippen molar-refractivity contribution in [2.24, 2.45) is 10.2 Å². The quantitative estimate of drug-likeness (QED) is 0.785. The zero-order chi connectivity index (χ0) is 18.4. The first-order chi connectivity index (χ1) is 12.7. The van der Waals surface area contributed by atoms with Gasteiger partial charge in [0.1, 0.15) is 5.82 Å². The van der Waals surface area contributed by atoms with Gasteiger partial charge in [0.15, 0.2) is 0 Å². The Morgan fingerprint density at radius 2 is 1.69 bits per heavy atom. The Labute approximate surface area is 159 Å². The molecule has 0 radical (unpaired) electrons. The maximum atomic E-state index is 13.0. The molecule has 0 saturated heterocycles. The fourth-order valence-corrected chi connectivity index (χ4v) is 3.01. The maximum absolute atomic E-state index is 13.0. The molecular weight excluding hydrogens is 399 g/mol. The smallest absolute Gasteiger partial charge is 0.124 e. The molecule has 0 spiro atoms. The van der Waals surface area contributed by atoms with E-state index in [1.807, 2.05) is 18.5 Å². The molecule has 3 heterocycles. The third-order valence-electron chi connectivity index (χ3n) is 3.91. The molecule has 2 N–H and O–H groups in total. The largest absolute Gasteiger partial charge is 0.303 e. The summed E-state index contributed by atoms with van der Waals surface area (Å²) in [6.07, 6.45) is 8.93. The molecule has 2 aromatic rings. The predicted octanol–water partition coefficient (Wildman–Crippen LogP) is 3.58. The fraction of sp³-hybridized carbons (Fsp3) is 0.222. The number of aromatic nitrogens is 1. The normalized spacial score (nSPS) is 19.9. The highest BCUT2D eigenvalue weighted by atomic mass is 79.9. The minimum Gasteiger partial charge on any atom is -0.303 e. The van der Waals surface area contributed by atoms with Gasteiger partial charge in [0.05, 0.1) is 23.7 Å². The molecule has 0 aliphatic carbocycles. The van der Waals surface area contributed by atoms with Crippen molar-refractivity contribution in [3.8, 4) is 6.07 Å². The van der Waals surface area contributed by atoms with Crippen molar-refractivity contribution >= 4 is 28.4 Å². The van der Waals surface area contributed by atoms with Gasteiger partial charge in [0.2, 0.25) is 0 Å². The highest BCUT2D eigenvalue weighted by Gasteiger charge is 2.15. The van der Waals surface area contributed by atoms with Gasteiger partial charge in [0.25, 0.3) is 0 Å². The van der Waals surface area contributed by atoms with Crippen LogP contribution in [-0.4, -0.2) is 17.4 Å². The van der Waals surface area contributed by atoms with Gasteiger partial charge in [-0.1, -0.05) is 0 Å². The standard InChI is InChI=1S/C10H8FN3.C8H8BrN3/c11-9-4-7(6-12)3-8(5-9)10-1-2-13-14-10;9-7-3-6(4-10-5-7)8-1-2-11-12-8/h2-5,10,14H,1H2;2-5,8,12H,1H2. The van der Waals surface area contributed by atoms with Gasteiger partial charge in [-0.05, 0) is 51.3 Å². The first kappa shape index (κ1) is 18.0. The minimum atomic E-state index is -0.382. The Morgan fingerprint density at radius 3 is 2.27 bits per heavy atom. The Kier molecular flexibility index (Phi) is 5.92. The van der Waals surface area contributed by atoms with E-state index in [-0.39, 0.29) is 11.9 Å². The number of pyridine rings is 1. The predicted molar refractivity (Wildman–Crippen MR) is 101 cm³/mol. The number of hydrogen-bond donors (Lipinski definition) is 2. The highest BCUT2D eigenvalue weighted by molar-refractivity contribution is 9.10. The molecule has 132 valence electrons. The van der Waals surface area contributed by atoms with Crippen LogP contribution in [0, 0.1) is 17.1 Å². The van der Waals surface area contributed by atoms with E-state index in [2.05, 4.69) is 48.0 Å². The van der Waals surface area contributed by atoms with Crippen LogP contribution >= 0.6 is 15.9 Å². The third-order valence-corrected chi connectivity index (χ3v) is 4.34. The fourth-order valence-electron chi connectivity index (χ4n) is 2.63. The van der Waals surface area contributed by atoms with Crippen molar-refractivity contribution < 1.29 is 4.39 Å². The summed E-state index contributed by atoms with van der Waals surface area (Å²) < 4.78 is 14.1. The molecule has 1 aromatic heterocycles. The van der Waals surface area contributed by atoms with Crippen LogP contribution in [-0.2, 0) is 0 Å². The molecule has 0 saturated carbocycles. The van der Waals surface area contributed by atoms with Crippen molar-refractivity contribution in [2.75, 3.05) is 0 Å². The number of halogens is 2. The van der Waals surface area contributed by atoms with Crippen LogP contribution in [0.2, 0.25) is 0 Å². The summed E-state index contributed by atoms with van der Waals surface area (Å²) in [6, 6.07) is 8.60. The summed E-state index contributed by atoms with van der Waals surface area (Å²) in [5, 5.41) is 16.5. The van der Waals surface area contributed by atoms with Gasteiger partial charge in [-0.2, -0.15) is 15.5 Å². The molecule has 8 heteroatoms. The zero-order valence-electron chi connectivity index (χ0n) is 13.7. The van der Waals surface area contributed by atoms with E-state index in [0.29, 0.717) is 11.6 Å². The van der Waals surface area contributed by atoms with E-state index in [1.54, 1.807) is 18.5 Å². The van der Waals surface area contributed by atoms with Crippen molar-refractivity contribution in [2.45, 2.75) is 24.9 Å². The van der Waals surface area contributed by atoms with Crippen LogP contribution < -0.4 is 10.9 Å². The van der Waals surface area contributed by atoms with Crippen LogP contribution in [0.4, 0.5) is 4.39 Å². The van der Waals surface area contributed by atoms with Gasteiger partial charge < -0.3 is 10.9 Å². The van der Waals surface area contributed by atoms with Crippen LogP contribution in [0.3, 0.4) is 0 Å². The number of hydrazone groups is 2. The molecule has 4 rings (SSSR count). The minimum absolute atomic E-state index is 0.00204. The molecule has 2 atom stereocenters. The molecule has 6 nitrogen and oxygen atoms in total. The molecule has 1 aromatic carbocycles. The van der Waals surface area contributed by atoms with Crippen molar-refractivity contribution in [1.82, 2.24) is 15.8 Å². The molecule has 0 fully saturated rings. The summed E-state index contributed by atoms with van der Waals surface area (Å²) in [5.74, 6) is -0.382. The molecule has 2 aliphatic heterocycles. The van der Waals surface area contributed by atoms with E-state index in [4.69, 9.17) is 5.26 Å². The SMILES string of the molecule is Brc1cncc(C2CC=NN2)c1.N#Cc1cc(F)cc(C2CC=NN2)c1. The molecule has 0 amide bonds. The monoisotopic (exact) mass is 414 g/mol. The Hall–Kier alpha value is -2.79. The number of nitrogens with zero attached hydrogens (tertiary/aromatic N) is 4. The first-order valence-corrected chi connectivity index (χ1v) is 8.80. The Balaban J connectivity index is 0.000000152. The van der Waals surface area contributed by atoms with Crippen LogP contribution in [0.25, 0.3) is 0 Å². The van der Waals surface area contributed by atoms with Crippen LogP contribution in [0.15, 0.2) is 51.3 Å². The van der Waals surface area contributed by atoms with Crippen molar-refractivity contribution in [3.05, 3.63) is 63.6 Å². The van der Waals surface area contributed by atoms with Crippen LogP contribution in [0.1, 0.15) is 41.6 Å². The number of nitriles is 1. The van der Waals surface area contributed by atoms with Crippen LogP contribution in [0.5, 0.6) is 0 Å². The topological polar surface area (TPSA) is 85.5 Å². The van der Waals surface area contributed by atoms with Crippen molar-refractivity contribution in [1.29, 1.82) is 5.26 Å². The number of nitrogens with one attached hydrogen (secondary N) is 2. The molecule has 2 aliphatic rings. The molecule has 0 bridgehead atoms. The van der Waals surface area contributed by atoms with Gasteiger partial charge in [0, 0.05) is 42.1 Å². The van der Waals surface area contributed by atoms with Gasteiger partial charge in [-0.15, -0.1) is 0 Å². The lowest BCUT2D eigenvalue weighted by atomic mass is 10.0. The lowest BCUT2D eigenvalue weighted by molar-refractivity contribution is 0.595. The second-order valence-corrected chi connectivity index (χ2v) is 6.70. The van der Waals surface area contributed by atoms with Gasteiger partial charge in [-0.25, -0.2) is 4.39 Å². The van der Waals surface area contributed by atoms with E-state index in [0.717, 1.165) is 22.9 Å². The van der Waals surface area contributed by atoms with E-state index in [9.17, 15) is 4.39 Å².